The Bertz CT molecular complexity index is 632. The van der Waals surface area contributed by atoms with Crippen molar-refractivity contribution in [3.63, 3.8) is 0 Å². The molecule has 3 heterocycles. The average Bonchev–Trinajstić information content (AvgIpc) is 2.94. The molecule has 5 nitrogen and oxygen atoms in total. The molecule has 0 radical (unpaired) electrons. The topological polar surface area (TPSA) is 59.2 Å². The van der Waals surface area contributed by atoms with Crippen LogP contribution >= 0.6 is 0 Å². The molecule has 0 amide bonds. The Morgan fingerprint density at radius 2 is 2.00 bits per heavy atom. The first-order chi connectivity index (χ1) is 9.31. The Balaban J connectivity index is 1.73. The van der Waals surface area contributed by atoms with E-state index in [-0.39, 0.29) is 0 Å². The van der Waals surface area contributed by atoms with Crippen molar-refractivity contribution in [1.82, 2.24) is 15.3 Å². The third-order valence-electron chi connectivity index (χ3n) is 3.77. The van der Waals surface area contributed by atoms with E-state index in [1.165, 1.54) is 0 Å². The van der Waals surface area contributed by atoms with E-state index in [0.29, 0.717) is 12.7 Å². The zero-order valence-corrected chi connectivity index (χ0v) is 10.7. The van der Waals surface area contributed by atoms with Gasteiger partial charge in [0, 0.05) is 24.6 Å². The number of aromatic amines is 1. The zero-order valence-electron chi connectivity index (χ0n) is 10.7. The Labute approximate surface area is 111 Å². The normalized spacial score (nSPS) is 17.5. The lowest BCUT2D eigenvalue weighted by molar-refractivity contribution is 0.174. The molecule has 2 N–H and O–H groups in total. The van der Waals surface area contributed by atoms with Crippen LogP contribution in [0.15, 0.2) is 18.3 Å². The number of nitrogens with zero attached hydrogens (tertiary/aromatic N) is 1. The van der Waals surface area contributed by atoms with Gasteiger partial charge in [-0.15, -0.1) is 0 Å². The van der Waals surface area contributed by atoms with Gasteiger partial charge in [0.05, 0.1) is 11.9 Å². The second-order valence-electron chi connectivity index (χ2n) is 5.06. The lowest BCUT2D eigenvalue weighted by atomic mass is 10.0. The van der Waals surface area contributed by atoms with Crippen molar-refractivity contribution in [2.24, 2.45) is 0 Å². The molecule has 4 rings (SSSR count). The number of imidazole rings is 1. The summed E-state index contributed by atoms with van der Waals surface area (Å²) in [7, 11) is 0. The van der Waals surface area contributed by atoms with E-state index in [1.807, 2.05) is 18.3 Å². The quantitative estimate of drug-likeness (QED) is 0.861. The standard InChI is InChI=1S/C14H15N3O2/c1-8-2-12-13(19-7-18-12)3-10(8)11-6-16-14(17-11)9-4-15-5-9/h2-3,6,9,15H,4-5,7H2,1H3,(H,16,17). The first kappa shape index (κ1) is 10.9. The molecule has 2 aliphatic heterocycles. The van der Waals surface area contributed by atoms with E-state index in [9.17, 15) is 0 Å². The van der Waals surface area contributed by atoms with Crippen LogP contribution in [0.1, 0.15) is 17.3 Å². The number of aromatic nitrogens is 2. The van der Waals surface area contributed by atoms with E-state index in [4.69, 9.17) is 9.47 Å². The molecule has 0 aliphatic carbocycles. The number of benzene rings is 1. The smallest absolute Gasteiger partial charge is 0.231 e. The molecule has 0 atom stereocenters. The van der Waals surface area contributed by atoms with Crippen molar-refractivity contribution < 1.29 is 9.47 Å². The molecule has 0 unspecified atom stereocenters. The summed E-state index contributed by atoms with van der Waals surface area (Å²) >= 11 is 0. The van der Waals surface area contributed by atoms with Crippen LogP contribution in [0.5, 0.6) is 11.5 Å². The molecule has 2 aromatic rings. The van der Waals surface area contributed by atoms with Gasteiger partial charge in [-0.25, -0.2) is 4.98 Å². The van der Waals surface area contributed by atoms with Gasteiger partial charge in [-0.05, 0) is 24.6 Å². The molecule has 1 fully saturated rings. The van der Waals surface area contributed by atoms with Crippen molar-refractivity contribution in [3.8, 4) is 22.8 Å². The maximum Gasteiger partial charge on any atom is 0.231 e. The molecule has 19 heavy (non-hydrogen) atoms. The third-order valence-corrected chi connectivity index (χ3v) is 3.77. The summed E-state index contributed by atoms with van der Waals surface area (Å²) in [5.74, 6) is 3.21. The van der Waals surface area contributed by atoms with Gasteiger partial charge in [-0.3, -0.25) is 0 Å². The summed E-state index contributed by atoms with van der Waals surface area (Å²) in [5, 5.41) is 3.26. The summed E-state index contributed by atoms with van der Waals surface area (Å²) < 4.78 is 10.8. The molecule has 2 aliphatic rings. The van der Waals surface area contributed by atoms with E-state index < -0.39 is 0 Å². The maximum absolute atomic E-state index is 5.44. The number of fused-ring (bicyclic) bond motifs is 1. The molecule has 0 spiro atoms. The highest BCUT2D eigenvalue weighted by Crippen LogP contribution is 2.38. The van der Waals surface area contributed by atoms with Crippen molar-refractivity contribution >= 4 is 0 Å². The lowest BCUT2D eigenvalue weighted by Gasteiger charge is -2.24. The van der Waals surface area contributed by atoms with Gasteiger partial charge in [0.2, 0.25) is 6.79 Å². The molecule has 0 saturated carbocycles. The summed E-state index contributed by atoms with van der Waals surface area (Å²) in [4.78, 5) is 7.90. The van der Waals surface area contributed by atoms with Crippen molar-refractivity contribution in [1.29, 1.82) is 0 Å². The number of ether oxygens (including phenoxy) is 2. The number of hydrogen-bond acceptors (Lipinski definition) is 4. The highest BCUT2D eigenvalue weighted by Gasteiger charge is 2.23. The van der Waals surface area contributed by atoms with Gasteiger partial charge < -0.3 is 19.8 Å². The van der Waals surface area contributed by atoms with Crippen LogP contribution in [0.3, 0.4) is 0 Å². The maximum atomic E-state index is 5.44. The van der Waals surface area contributed by atoms with Gasteiger partial charge >= 0.3 is 0 Å². The summed E-state index contributed by atoms with van der Waals surface area (Å²) in [6.07, 6.45) is 1.90. The van der Waals surface area contributed by atoms with Crippen molar-refractivity contribution in [2.45, 2.75) is 12.8 Å². The number of hydrogen-bond donors (Lipinski definition) is 2. The Hall–Kier alpha value is -2.01. The molecular weight excluding hydrogens is 242 g/mol. The minimum absolute atomic E-state index is 0.306. The van der Waals surface area contributed by atoms with E-state index in [2.05, 4.69) is 22.2 Å². The fourth-order valence-corrected chi connectivity index (χ4v) is 2.50. The van der Waals surface area contributed by atoms with Crippen molar-refractivity contribution in [2.75, 3.05) is 19.9 Å². The largest absolute Gasteiger partial charge is 0.454 e. The second kappa shape index (κ2) is 3.99. The monoisotopic (exact) mass is 257 g/mol. The van der Waals surface area contributed by atoms with Crippen LogP contribution < -0.4 is 14.8 Å². The molecule has 1 aromatic heterocycles. The van der Waals surface area contributed by atoms with Gasteiger partial charge in [0.1, 0.15) is 5.82 Å². The van der Waals surface area contributed by atoms with Gasteiger partial charge in [-0.2, -0.15) is 0 Å². The highest BCUT2D eigenvalue weighted by molar-refractivity contribution is 5.68. The summed E-state index contributed by atoms with van der Waals surface area (Å²) in [6, 6.07) is 4.04. The lowest BCUT2D eigenvalue weighted by Crippen LogP contribution is -2.40. The average molecular weight is 257 g/mol. The molecule has 5 heteroatoms. The number of aryl methyl sites for hydroxylation is 1. The molecular formula is C14H15N3O2. The van der Waals surface area contributed by atoms with Gasteiger partial charge in [0.25, 0.3) is 0 Å². The predicted molar refractivity (Wildman–Crippen MR) is 70.5 cm³/mol. The van der Waals surface area contributed by atoms with E-state index in [0.717, 1.165) is 47.2 Å². The van der Waals surface area contributed by atoms with Crippen molar-refractivity contribution in [3.05, 3.63) is 29.7 Å². The van der Waals surface area contributed by atoms with Gasteiger partial charge in [0.15, 0.2) is 11.5 Å². The highest BCUT2D eigenvalue weighted by atomic mass is 16.7. The van der Waals surface area contributed by atoms with E-state index in [1.54, 1.807) is 0 Å². The minimum atomic E-state index is 0.306. The summed E-state index contributed by atoms with van der Waals surface area (Å²) in [6.45, 7) is 4.39. The second-order valence-corrected chi connectivity index (χ2v) is 5.06. The fourth-order valence-electron chi connectivity index (χ4n) is 2.50. The Morgan fingerprint density at radius 3 is 2.74 bits per heavy atom. The zero-order chi connectivity index (χ0) is 12.8. The Kier molecular flexibility index (Phi) is 2.29. The number of nitrogens with one attached hydrogen (secondary N) is 2. The summed E-state index contributed by atoms with van der Waals surface area (Å²) in [5.41, 5.74) is 3.32. The fraction of sp³-hybridized carbons (Fsp3) is 0.357. The third kappa shape index (κ3) is 1.69. The first-order valence-corrected chi connectivity index (χ1v) is 6.47. The van der Waals surface area contributed by atoms with Crippen LogP contribution in [-0.4, -0.2) is 29.9 Å². The predicted octanol–water partition coefficient (Wildman–Crippen LogP) is 1.80. The SMILES string of the molecule is Cc1cc2c(cc1-c1cnc(C3CNC3)[nH]1)OCO2. The molecule has 1 aromatic carbocycles. The molecule has 1 saturated heterocycles. The number of H-pyrrole nitrogens is 1. The van der Waals surface area contributed by atoms with Crippen LogP contribution in [0.4, 0.5) is 0 Å². The van der Waals surface area contributed by atoms with Crippen LogP contribution in [0.2, 0.25) is 0 Å². The Morgan fingerprint density at radius 1 is 1.21 bits per heavy atom. The van der Waals surface area contributed by atoms with Gasteiger partial charge in [-0.1, -0.05) is 0 Å². The minimum Gasteiger partial charge on any atom is -0.454 e. The van der Waals surface area contributed by atoms with Crippen LogP contribution in [0.25, 0.3) is 11.3 Å². The van der Waals surface area contributed by atoms with E-state index >= 15 is 0 Å². The molecule has 98 valence electrons. The first-order valence-electron chi connectivity index (χ1n) is 6.47. The number of rotatable bonds is 2. The van der Waals surface area contributed by atoms with Crippen LogP contribution in [0, 0.1) is 6.92 Å². The van der Waals surface area contributed by atoms with Crippen LogP contribution in [-0.2, 0) is 0 Å². The molecule has 0 bridgehead atoms.